The highest BCUT2D eigenvalue weighted by Gasteiger charge is 2.26. The third-order valence-electron chi connectivity index (χ3n) is 4.47. The van der Waals surface area contributed by atoms with E-state index < -0.39 is 4.93 Å². The summed E-state index contributed by atoms with van der Waals surface area (Å²) in [7, 11) is 0. The maximum absolute atomic E-state index is 11.9. The Labute approximate surface area is 153 Å². The van der Waals surface area contributed by atoms with Gasteiger partial charge in [-0.25, -0.2) is 0 Å². The summed E-state index contributed by atoms with van der Waals surface area (Å²) in [6.45, 7) is 3.66. The number of rotatable bonds is 13. The van der Waals surface area contributed by atoms with Crippen LogP contribution < -0.4 is 0 Å². The quantitative estimate of drug-likeness (QED) is 0.199. The molecule has 1 N–H and O–H groups in total. The molecule has 1 atom stereocenters. The van der Waals surface area contributed by atoms with Crippen molar-refractivity contribution >= 4 is 18.4 Å². The molecule has 1 rings (SSSR count). The zero-order valence-corrected chi connectivity index (χ0v) is 16.3. The molecule has 0 heterocycles. The molecule has 0 bridgehead atoms. The highest BCUT2D eigenvalue weighted by atomic mass is 32.1. The Hall–Kier alpha value is -0.800. The molecule has 0 spiro atoms. The minimum Gasteiger partial charge on any atom is -0.372 e. The lowest BCUT2D eigenvalue weighted by molar-refractivity contribution is 0.0713. The van der Waals surface area contributed by atoms with Crippen molar-refractivity contribution < 1.29 is 9.90 Å². The second-order valence-electron chi connectivity index (χ2n) is 6.98. The SMILES string of the molecule is CCCCCCCCCCCCc1ccc(C(=O)C(C)(O)S)cc1. The summed E-state index contributed by atoms with van der Waals surface area (Å²) in [5, 5.41) is 9.63. The Morgan fingerprint density at radius 1 is 0.917 bits per heavy atom. The van der Waals surface area contributed by atoms with Crippen LogP contribution >= 0.6 is 12.6 Å². The highest BCUT2D eigenvalue weighted by Crippen LogP contribution is 2.18. The van der Waals surface area contributed by atoms with Crippen LogP contribution in [0, 0.1) is 0 Å². The van der Waals surface area contributed by atoms with Crippen LogP contribution in [-0.4, -0.2) is 15.8 Å². The molecule has 0 amide bonds. The molecule has 0 aromatic heterocycles. The van der Waals surface area contributed by atoms with E-state index in [1.807, 2.05) is 12.1 Å². The van der Waals surface area contributed by atoms with Gasteiger partial charge in [0, 0.05) is 5.56 Å². The molecule has 0 fully saturated rings. The number of carbonyl (C=O) groups excluding carboxylic acids is 1. The van der Waals surface area contributed by atoms with E-state index in [1.165, 1.54) is 76.7 Å². The predicted molar refractivity (Wildman–Crippen MR) is 106 cm³/mol. The average Bonchev–Trinajstić information content (AvgIpc) is 2.55. The highest BCUT2D eigenvalue weighted by molar-refractivity contribution is 7.82. The first-order chi connectivity index (χ1) is 11.4. The van der Waals surface area contributed by atoms with Crippen molar-refractivity contribution in [3.63, 3.8) is 0 Å². The van der Waals surface area contributed by atoms with E-state index in [-0.39, 0.29) is 5.78 Å². The van der Waals surface area contributed by atoms with E-state index in [0.717, 1.165) is 6.42 Å². The van der Waals surface area contributed by atoms with Gasteiger partial charge in [-0.2, -0.15) is 0 Å². The topological polar surface area (TPSA) is 37.3 Å². The smallest absolute Gasteiger partial charge is 0.204 e. The lowest BCUT2D eigenvalue weighted by Gasteiger charge is -2.14. The molecular formula is C21H34O2S. The van der Waals surface area contributed by atoms with Gasteiger partial charge in [0.2, 0.25) is 5.78 Å². The van der Waals surface area contributed by atoms with Gasteiger partial charge in [-0.1, -0.05) is 89.0 Å². The zero-order valence-electron chi connectivity index (χ0n) is 15.4. The van der Waals surface area contributed by atoms with Gasteiger partial charge in [-0.15, -0.1) is 12.6 Å². The van der Waals surface area contributed by atoms with Crippen molar-refractivity contribution in [3.05, 3.63) is 35.4 Å². The fourth-order valence-electron chi connectivity index (χ4n) is 2.91. The molecule has 0 saturated heterocycles. The number of unbranched alkanes of at least 4 members (excludes halogenated alkanes) is 9. The Kier molecular flexibility index (Phi) is 10.4. The number of aliphatic hydroxyl groups is 1. The number of thiol groups is 1. The van der Waals surface area contributed by atoms with Crippen LogP contribution in [0.4, 0.5) is 0 Å². The van der Waals surface area contributed by atoms with Crippen molar-refractivity contribution in [2.75, 3.05) is 0 Å². The molecule has 3 heteroatoms. The van der Waals surface area contributed by atoms with E-state index in [4.69, 9.17) is 0 Å². The molecule has 1 aromatic carbocycles. The van der Waals surface area contributed by atoms with Crippen molar-refractivity contribution in [2.24, 2.45) is 0 Å². The van der Waals surface area contributed by atoms with Crippen molar-refractivity contribution in [1.29, 1.82) is 0 Å². The molecule has 0 radical (unpaired) electrons. The number of carbonyl (C=O) groups is 1. The normalized spacial score (nSPS) is 13.7. The van der Waals surface area contributed by atoms with Gasteiger partial charge >= 0.3 is 0 Å². The third-order valence-corrected chi connectivity index (χ3v) is 4.67. The number of ketones is 1. The molecule has 0 saturated carbocycles. The Bertz CT molecular complexity index is 460. The molecule has 0 aliphatic rings. The summed E-state index contributed by atoms with van der Waals surface area (Å²) >= 11 is 3.91. The lowest BCUT2D eigenvalue weighted by Crippen LogP contribution is -2.28. The standard InChI is InChI=1S/C21H34O2S/c1-3-4-5-6-7-8-9-10-11-12-13-18-14-16-19(17-15-18)20(22)21(2,23)24/h14-17,23-24H,3-13H2,1-2H3. The fraction of sp³-hybridized carbons (Fsp3) is 0.667. The Morgan fingerprint density at radius 3 is 1.83 bits per heavy atom. The van der Waals surface area contributed by atoms with Crippen molar-refractivity contribution in [3.8, 4) is 0 Å². The molecule has 1 unspecified atom stereocenters. The van der Waals surface area contributed by atoms with Crippen molar-refractivity contribution in [2.45, 2.75) is 89.4 Å². The molecular weight excluding hydrogens is 316 g/mol. The summed E-state index contributed by atoms with van der Waals surface area (Å²) in [5.41, 5.74) is 1.77. The molecule has 1 aromatic rings. The minimum absolute atomic E-state index is 0.351. The molecule has 2 nitrogen and oxygen atoms in total. The molecule has 136 valence electrons. The van der Waals surface area contributed by atoms with Crippen LogP contribution in [0.3, 0.4) is 0 Å². The summed E-state index contributed by atoms with van der Waals surface area (Å²) in [6.07, 6.45) is 14.5. The van der Waals surface area contributed by atoms with Crippen LogP contribution in [0.25, 0.3) is 0 Å². The summed E-state index contributed by atoms with van der Waals surface area (Å²) < 4.78 is 0. The lowest BCUT2D eigenvalue weighted by atomic mass is 10.0. The summed E-state index contributed by atoms with van der Waals surface area (Å²) in [4.78, 5) is 10.3. The monoisotopic (exact) mass is 350 g/mol. The first-order valence-corrected chi connectivity index (χ1v) is 9.98. The van der Waals surface area contributed by atoms with Crippen LogP contribution in [0.1, 0.15) is 94.0 Å². The van der Waals surface area contributed by atoms with Gasteiger partial charge in [0.25, 0.3) is 0 Å². The van der Waals surface area contributed by atoms with Crippen LogP contribution in [0.15, 0.2) is 24.3 Å². The van der Waals surface area contributed by atoms with Gasteiger partial charge in [0.1, 0.15) is 0 Å². The van der Waals surface area contributed by atoms with Gasteiger partial charge in [-0.05, 0) is 25.3 Å². The predicted octanol–water partition coefficient (Wildman–Crippen LogP) is 5.97. The van der Waals surface area contributed by atoms with E-state index in [2.05, 4.69) is 19.6 Å². The Morgan fingerprint density at radius 2 is 1.38 bits per heavy atom. The molecule has 24 heavy (non-hydrogen) atoms. The first-order valence-electron chi connectivity index (χ1n) is 9.53. The molecule has 0 aliphatic heterocycles. The van der Waals surface area contributed by atoms with Gasteiger partial charge in [-0.3, -0.25) is 4.79 Å². The zero-order chi connectivity index (χ0) is 17.8. The van der Waals surface area contributed by atoms with E-state index in [9.17, 15) is 9.90 Å². The van der Waals surface area contributed by atoms with E-state index in [0.29, 0.717) is 5.56 Å². The summed E-state index contributed by atoms with van der Waals surface area (Å²) in [5.74, 6) is -0.351. The Balaban J connectivity index is 2.12. The number of hydrogen-bond donors (Lipinski definition) is 2. The largest absolute Gasteiger partial charge is 0.372 e. The van der Waals surface area contributed by atoms with Gasteiger partial charge in [0.05, 0.1) is 0 Å². The van der Waals surface area contributed by atoms with Crippen LogP contribution in [-0.2, 0) is 6.42 Å². The number of benzene rings is 1. The summed E-state index contributed by atoms with van der Waals surface area (Å²) in [6, 6.07) is 7.55. The van der Waals surface area contributed by atoms with Gasteiger partial charge < -0.3 is 5.11 Å². The average molecular weight is 351 g/mol. The molecule has 0 aliphatic carbocycles. The van der Waals surface area contributed by atoms with E-state index in [1.54, 1.807) is 12.1 Å². The van der Waals surface area contributed by atoms with Crippen molar-refractivity contribution in [1.82, 2.24) is 0 Å². The minimum atomic E-state index is -1.60. The van der Waals surface area contributed by atoms with E-state index >= 15 is 0 Å². The fourth-order valence-corrected chi connectivity index (χ4v) is 3.04. The van der Waals surface area contributed by atoms with Crippen LogP contribution in [0.5, 0.6) is 0 Å². The second kappa shape index (κ2) is 11.7. The number of Topliss-reactive ketones (excluding diaryl/α,β-unsaturated/α-hetero) is 1. The maximum Gasteiger partial charge on any atom is 0.204 e. The van der Waals surface area contributed by atoms with Gasteiger partial charge in [0.15, 0.2) is 4.93 Å². The van der Waals surface area contributed by atoms with Crippen LogP contribution in [0.2, 0.25) is 0 Å². The first kappa shape index (κ1) is 21.2. The number of hydrogen-bond acceptors (Lipinski definition) is 3. The number of aryl methyl sites for hydroxylation is 1. The second-order valence-corrected chi connectivity index (χ2v) is 7.85. The third kappa shape index (κ3) is 8.89. The maximum atomic E-state index is 11.9.